The van der Waals surface area contributed by atoms with Gasteiger partial charge in [0.1, 0.15) is 19.6 Å². The maximum atomic E-state index is 11.1. The number of esters is 1. The van der Waals surface area contributed by atoms with E-state index in [4.69, 9.17) is 9.47 Å². The first-order valence-corrected chi connectivity index (χ1v) is 6.55. The van der Waals surface area contributed by atoms with Gasteiger partial charge in [-0.1, -0.05) is 13.8 Å². The zero-order chi connectivity index (χ0) is 13.6. The van der Waals surface area contributed by atoms with E-state index < -0.39 is 5.60 Å². The van der Waals surface area contributed by atoms with Crippen LogP contribution in [0.15, 0.2) is 0 Å². The van der Waals surface area contributed by atoms with Crippen LogP contribution in [0.4, 0.5) is 0 Å². The molecule has 4 heteroatoms. The first kappa shape index (κ1) is 15.0. The third-order valence-electron chi connectivity index (χ3n) is 3.33. The maximum absolute atomic E-state index is 11.1. The molecule has 1 rings (SSSR count). The van der Waals surface area contributed by atoms with Crippen LogP contribution in [0.3, 0.4) is 0 Å². The average molecular weight is 254 g/mol. The van der Waals surface area contributed by atoms with Crippen molar-refractivity contribution in [2.45, 2.75) is 33.3 Å². The second-order valence-electron chi connectivity index (χ2n) is 5.20. The summed E-state index contributed by atoms with van der Waals surface area (Å²) in [4.78, 5) is 12.5. The summed E-state index contributed by atoms with van der Waals surface area (Å²) in [6.45, 7) is 11.7. The van der Waals surface area contributed by atoms with Crippen LogP contribution in [0, 0.1) is 17.8 Å². The Bertz CT molecular complexity index is 337. The zero-order valence-electron chi connectivity index (χ0n) is 11.8. The molecule has 0 aromatic carbocycles. The maximum Gasteiger partial charge on any atom is 0.304 e. The highest BCUT2D eigenvalue weighted by molar-refractivity contribution is 5.67. The fraction of sp³-hybridized carbons (Fsp3) is 0.786. The molecule has 0 aromatic rings. The van der Waals surface area contributed by atoms with Gasteiger partial charge in [-0.15, -0.1) is 0 Å². The standard InChI is InChI=1S/C14H23NO3/c1-12(2)14(4,18-13(3)16)6-5-7-15-8-10-17-11-9-15/h12H,7-11H2,1-4H3/p+1/t14-/m0/s1. The third kappa shape index (κ3) is 4.67. The summed E-state index contributed by atoms with van der Waals surface area (Å²) in [5.74, 6) is 6.18. The van der Waals surface area contributed by atoms with Gasteiger partial charge < -0.3 is 14.4 Å². The van der Waals surface area contributed by atoms with E-state index in [1.807, 2.05) is 20.8 Å². The Morgan fingerprint density at radius 1 is 1.44 bits per heavy atom. The molecule has 4 nitrogen and oxygen atoms in total. The Hall–Kier alpha value is -1.05. The molecule has 102 valence electrons. The van der Waals surface area contributed by atoms with Crippen molar-refractivity contribution in [3.8, 4) is 11.8 Å². The van der Waals surface area contributed by atoms with E-state index in [1.165, 1.54) is 11.8 Å². The second-order valence-corrected chi connectivity index (χ2v) is 5.20. The highest BCUT2D eigenvalue weighted by Gasteiger charge is 2.29. The number of morpholine rings is 1. The Kier molecular flexibility index (Phi) is 5.64. The predicted octanol–water partition coefficient (Wildman–Crippen LogP) is -0.117. The first-order chi connectivity index (χ1) is 8.44. The van der Waals surface area contributed by atoms with Crippen LogP contribution >= 0.6 is 0 Å². The van der Waals surface area contributed by atoms with Crippen molar-refractivity contribution in [3.05, 3.63) is 0 Å². The molecule has 1 aliphatic rings. The molecule has 0 amide bonds. The summed E-state index contributed by atoms with van der Waals surface area (Å²) in [6.07, 6.45) is 0. The van der Waals surface area contributed by atoms with Gasteiger partial charge in [0.2, 0.25) is 0 Å². The van der Waals surface area contributed by atoms with Gasteiger partial charge >= 0.3 is 5.97 Å². The summed E-state index contributed by atoms with van der Waals surface area (Å²) in [6, 6.07) is 0. The van der Waals surface area contributed by atoms with Crippen molar-refractivity contribution >= 4 is 5.97 Å². The van der Waals surface area contributed by atoms with E-state index >= 15 is 0 Å². The van der Waals surface area contributed by atoms with E-state index in [0.717, 1.165) is 32.8 Å². The Morgan fingerprint density at radius 2 is 2.06 bits per heavy atom. The van der Waals surface area contributed by atoms with E-state index in [2.05, 4.69) is 11.8 Å². The fourth-order valence-corrected chi connectivity index (χ4v) is 1.77. The molecule has 0 aromatic heterocycles. The molecule has 1 heterocycles. The van der Waals surface area contributed by atoms with Crippen molar-refractivity contribution in [2.24, 2.45) is 5.92 Å². The lowest BCUT2D eigenvalue weighted by molar-refractivity contribution is -0.900. The molecule has 1 N–H and O–H groups in total. The van der Waals surface area contributed by atoms with Crippen molar-refractivity contribution in [3.63, 3.8) is 0 Å². The summed E-state index contributed by atoms with van der Waals surface area (Å²) in [5, 5.41) is 0. The van der Waals surface area contributed by atoms with E-state index in [0.29, 0.717) is 0 Å². The minimum absolute atomic E-state index is 0.175. The van der Waals surface area contributed by atoms with Crippen LogP contribution in [0.5, 0.6) is 0 Å². The van der Waals surface area contributed by atoms with Crippen molar-refractivity contribution < 1.29 is 19.2 Å². The number of carbonyl (C=O) groups is 1. The lowest BCUT2D eigenvalue weighted by Gasteiger charge is -2.27. The second kappa shape index (κ2) is 6.77. The normalized spacial score (nSPS) is 19.8. The molecule has 1 aliphatic heterocycles. The van der Waals surface area contributed by atoms with Crippen LogP contribution < -0.4 is 4.90 Å². The van der Waals surface area contributed by atoms with E-state index in [1.54, 1.807) is 0 Å². The van der Waals surface area contributed by atoms with Crippen LogP contribution in [0.25, 0.3) is 0 Å². The fourth-order valence-electron chi connectivity index (χ4n) is 1.77. The first-order valence-electron chi connectivity index (χ1n) is 6.55. The number of ether oxygens (including phenoxy) is 2. The van der Waals surface area contributed by atoms with Crippen LogP contribution in [-0.4, -0.2) is 44.4 Å². The smallest absolute Gasteiger partial charge is 0.304 e. The average Bonchev–Trinajstić information content (AvgIpc) is 2.29. The van der Waals surface area contributed by atoms with Crippen LogP contribution in [0.1, 0.15) is 27.7 Å². The molecule has 1 atom stereocenters. The van der Waals surface area contributed by atoms with Crippen molar-refractivity contribution in [2.75, 3.05) is 32.8 Å². The van der Waals surface area contributed by atoms with E-state index in [9.17, 15) is 4.79 Å². The molecule has 1 saturated heterocycles. The van der Waals surface area contributed by atoms with Crippen molar-refractivity contribution in [1.29, 1.82) is 0 Å². The Labute approximate surface area is 110 Å². The Balaban J connectivity index is 2.57. The summed E-state index contributed by atoms with van der Waals surface area (Å²) in [5.41, 5.74) is -0.683. The monoisotopic (exact) mass is 254 g/mol. The van der Waals surface area contributed by atoms with Crippen molar-refractivity contribution in [1.82, 2.24) is 0 Å². The molecule has 0 radical (unpaired) electrons. The minimum Gasteiger partial charge on any atom is -0.446 e. The molecule has 0 unspecified atom stereocenters. The highest BCUT2D eigenvalue weighted by Crippen LogP contribution is 2.20. The van der Waals surface area contributed by atoms with Gasteiger partial charge in [-0.05, 0) is 18.8 Å². The molecular weight excluding hydrogens is 230 g/mol. The number of nitrogens with one attached hydrogen (secondary N) is 1. The molecule has 18 heavy (non-hydrogen) atoms. The van der Waals surface area contributed by atoms with Gasteiger partial charge in [0, 0.05) is 12.8 Å². The minimum atomic E-state index is -0.683. The molecule has 0 spiro atoms. The van der Waals surface area contributed by atoms with E-state index in [-0.39, 0.29) is 11.9 Å². The number of quaternary nitrogens is 1. The number of hydrogen-bond donors (Lipinski definition) is 1. The summed E-state index contributed by atoms with van der Waals surface area (Å²) in [7, 11) is 0. The highest BCUT2D eigenvalue weighted by atomic mass is 16.6. The molecule has 0 saturated carbocycles. The number of hydrogen-bond acceptors (Lipinski definition) is 3. The number of carbonyl (C=O) groups excluding carboxylic acids is 1. The molecule has 0 aliphatic carbocycles. The molecule has 1 fully saturated rings. The van der Waals surface area contributed by atoms with Gasteiger partial charge in [-0.3, -0.25) is 4.79 Å². The van der Waals surface area contributed by atoms with Gasteiger partial charge in [0.25, 0.3) is 0 Å². The topological polar surface area (TPSA) is 40.0 Å². The molecule has 0 bridgehead atoms. The summed E-state index contributed by atoms with van der Waals surface area (Å²) >= 11 is 0. The van der Waals surface area contributed by atoms with Gasteiger partial charge in [0.15, 0.2) is 5.60 Å². The predicted molar refractivity (Wildman–Crippen MR) is 69.2 cm³/mol. The van der Waals surface area contributed by atoms with Crippen LogP contribution in [0.2, 0.25) is 0 Å². The Morgan fingerprint density at radius 3 is 2.56 bits per heavy atom. The lowest BCUT2D eigenvalue weighted by Crippen LogP contribution is -3.14. The van der Waals surface area contributed by atoms with Gasteiger partial charge in [-0.2, -0.15) is 0 Å². The van der Waals surface area contributed by atoms with Crippen LogP contribution in [-0.2, 0) is 14.3 Å². The number of rotatable bonds is 3. The van der Waals surface area contributed by atoms with Gasteiger partial charge in [-0.25, -0.2) is 0 Å². The summed E-state index contributed by atoms with van der Waals surface area (Å²) < 4.78 is 10.6. The molecular formula is C14H24NO3+. The van der Waals surface area contributed by atoms with Gasteiger partial charge in [0.05, 0.1) is 13.2 Å². The SMILES string of the molecule is CC(=O)O[C@@](C)(C#CC[NH+]1CCOCC1)C(C)C. The largest absolute Gasteiger partial charge is 0.446 e. The lowest BCUT2D eigenvalue weighted by atomic mass is 9.93. The quantitative estimate of drug-likeness (QED) is 0.564. The third-order valence-corrected chi connectivity index (χ3v) is 3.33. The zero-order valence-corrected chi connectivity index (χ0v) is 11.8.